The van der Waals surface area contributed by atoms with Crippen molar-refractivity contribution < 1.29 is 4.79 Å². The van der Waals surface area contributed by atoms with Crippen molar-refractivity contribution >= 4 is 11.6 Å². The molecule has 1 unspecified atom stereocenters. The predicted octanol–water partition coefficient (Wildman–Crippen LogP) is 2.07. The highest BCUT2D eigenvalue weighted by molar-refractivity contribution is 5.96. The van der Waals surface area contributed by atoms with Gasteiger partial charge in [-0.15, -0.1) is 0 Å². The maximum Gasteiger partial charge on any atom is 0.233 e. The van der Waals surface area contributed by atoms with Crippen molar-refractivity contribution in [3.63, 3.8) is 0 Å². The Morgan fingerprint density at radius 2 is 2.05 bits per heavy atom. The fraction of sp³-hybridized carbons (Fsp3) is 0.200. The van der Waals surface area contributed by atoms with Crippen LogP contribution >= 0.6 is 0 Å². The summed E-state index contributed by atoms with van der Waals surface area (Å²) in [5.74, 6) is -0.434. The highest BCUT2D eigenvalue weighted by atomic mass is 16.1. The Morgan fingerprint density at radius 1 is 1.32 bits per heavy atom. The van der Waals surface area contributed by atoms with Gasteiger partial charge in [0.15, 0.2) is 0 Å². The first-order chi connectivity index (χ1) is 9.22. The van der Waals surface area contributed by atoms with E-state index in [1.54, 1.807) is 18.5 Å². The van der Waals surface area contributed by atoms with Crippen LogP contribution in [0.5, 0.6) is 0 Å². The summed E-state index contributed by atoms with van der Waals surface area (Å²) in [5.41, 5.74) is 8.35. The van der Waals surface area contributed by atoms with Crippen molar-refractivity contribution in [2.75, 3.05) is 11.9 Å². The number of carbonyl (C=O) groups is 1. The first-order valence-electron chi connectivity index (χ1n) is 6.19. The molecular weight excluding hydrogens is 238 g/mol. The number of aryl methyl sites for hydroxylation is 1. The van der Waals surface area contributed by atoms with E-state index < -0.39 is 0 Å². The molecule has 0 bridgehead atoms. The van der Waals surface area contributed by atoms with Crippen LogP contribution in [0.1, 0.15) is 17.0 Å². The van der Waals surface area contributed by atoms with Gasteiger partial charge in [-0.25, -0.2) is 0 Å². The molecule has 2 rings (SSSR count). The van der Waals surface area contributed by atoms with Gasteiger partial charge in [0.25, 0.3) is 0 Å². The van der Waals surface area contributed by atoms with Gasteiger partial charge in [-0.1, -0.05) is 30.3 Å². The van der Waals surface area contributed by atoms with E-state index in [2.05, 4.69) is 10.3 Å². The lowest BCUT2D eigenvalue weighted by molar-refractivity contribution is -0.117. The monoisotopic (exact) mass is 255 g/mol. The molecule has 2 aromatic rings. The summed E-state index contributed by atoms with van der Waals surface area (Å²) in [7, 11) is 0. The molecule has 1 atom stereocenters. The number of amides is 1. The molecule has 0 spiro atoms. The third kappa shape index (κ3) is 3.17. The van der Waals surface area contributed by atoms with E-state index in [9.17, 15) is 4.79 Å². The minimum Gasteiger partial charge on any atom is -0.329 e. The maximum absolute atomic E-state index is 12.3. The quantitative estimate of drug-likeness (QED) is 0.878. The fourth-order valence-electron chi connectivity index (χ4n) is 1.91. The average Bonchev–Trinajstić information content (AvgIpc) is 2.43. The summed E-state index contributed by atoms with van der Waals surface area (Å²) in [5, 5.41) is 2.90. The Kier molecular flexibility index (Phi) is 4.26. The van der Waals surface area contributed by atoms with Crippen LogP contribution in [0.2, 0.25) is 0 Å². The number of benzene rings is 1. The second-order valence-electron chi connectivity index (χ2n) is 4.38. The third-order valence-electron chi connectivity index (χ3n) is 3.03. The van der Waals surface area contributed by atoms with Crippen LogP contribution in [0.3, 0.4) is 0 Å². The van der Waals surface area contributed by atoms with Crippen LogP contribution in [0.15, 0.2) is 48.8 Å². The molecule has 3 N–H and O–H groups in total. The molecule has 0 aliphatic carbocycles. The standard InChI is InChI=1S/C15H17N3O/c1-11-10-17-8-7-14(11)18-15(19)13(9-16)12-5-3-2-4-6-12/h2-8,10,13H,9,16H2,1H3,(H,17,18,19). The molecule has 1 heterocycles. The van der Waals surface area contributed by atoms with Crippen LogP contribution in [0.25, 0.3) is 0 Å². The summed E-state index contributed by atoms with van der Waals surface area (Å²) < 4.78 is 0. The van der Waals surface area contributed by atoms with Gasteiger partial charge >= 0.3 is 0 Å². The Hall–Kier alpha value is -2.20. The highest BCUT2D eigenvalue weighted by Gasteiger charge is 2.19. The van der Waals surface area contributed by atoms with E-state index in [4.69, 9.17) is 5.73 Å². The van der Waals surface area contributed by atoms with Gasteiger partial charge in [0.05, 0.1) is 5.92 Å². The molecule has 4 nitrogen and oxygen atoms in total. The highest BCUT2D eigenvalue weighted by Crippen LogP contribution is 2.18. The number of nitrogens with zero attached hydrogens (tertiary/aromatic N) is 1. The molecular formula is C15H17N3O. The topological polar surface area (TPSA) is 68.0 Å². The first-order valence-corrected chi connectivity index (χ1v) is 6.19. The number of anilines is 1. The van der Waals surface area contributed by atoms with Crippen molar-refractivity contribution in [3.8, 4) is 0 Å². The lowest BCUT2D eigenvalue weighted by atomic mass is 9.98. The van der Waals surface area contributed by atoms with Gasteiger partial charge in [-0.05, 0) is 24.1 Å². The Bertz CT molecular complexity index is 554. The maximum atomic E-state index is 12.3. The molecule has 1 aromatic carbocycles. The van der Waals surface area contributed by atoms with Gasteiger partial charge in [-0.2, -0.15) is 0 Å². The molecule has 0 saturated heterocycles. The average molecular weight is 255 g/mol. The molecule has 0 radical (unpaired) electrons. The molecule has 0 saturated carbocycles. The van der Waals surface area contributed by atoms with Gasteiger partial charge in [0, 0.05) is 24.6 Å². The number of nitrogens with two attached hydrogens (primary N) is 1. The molecule has 0 fully saturated rings. The molecule has 0 aliphatic rings. The van der Waals surface area contributed by atoms with Crippen molar-refractivity contribution in [2.45, 2.75) is 12.8 Å². The van der Waals surface area contributed by atoms with Crippen LogP contribution in [0.4, 0.5) is 5.69 Å². The zero-order chi connectivity index (χ0) is 13.7. The largest absolute Gasteiger partial charge is 0.329 e. The summed E-state index contributed by atoms with van der Waals surface area (Å²) in [6, 6.07) is 11.3. The molecule has 98 valence electrons. The van der Waals surface area contributed by atoms with Gasteiger partial charge in [0.1, 0.15) is 0 Å². The molecule has 1 amide bonds. The normalized spacial score (nSPS) is 11.9. The number of pyridine rings is 1. The molecule has 0 aliphatic heterocycles. The smallest absolute Gasteiger partial charge is 0.233 e. The number of aromatic nitrogens is 1. The SMILES string of the molecule is Cc1cnccc1NC(=O)C(CN)c1ccccc1. The number of rotatable bonds is 4. The van der Waals surface area contributed by atoms with Gasteiger partial charge < -0.3 is 11.1 Å². The van der Waals surface area contributed by atoms with Gasteiger partial charge in [0.2, 0.25) is 5.91 Å². The zero-order valence-corrected chi connectivity index (χ0v) is 10.8. The van der Waals surface area contributed by atoms with Crippen LogP contribution in [0, 0.1) is 6.92 Å². The molecule has 4 heteroatoms. The van der Waals surface area contributed by atoms with Crippen molar-refractivity contribution in [3.05, 3.63) is 59.9 Å². The second-order valence-corrected chi connectivity index (χ2v) is 4.38. The van der Waals surface area contributed by atoms with Crippen molar-refractivity contribution in [1.29, 1.82) is 0 Å². The summed E-state index contributed by atoms with van der Waals surface area (Å²) in [6.07, 6.45) is 3.37. The summed E-state index contributed by atoms with van der Waals surface area (Å²) in [6.45, 7) is 2.18. The Balaban J connectivity index is 2.17. The summed E-state index contributed by atoms with van der Waals surface area (Å²) >= 11 is 0. The van der Waals surface area contributed by atoms with E-state index in [0.29, 0.717) is 0 Å². The van der Waals surface area contributed by atoms with E-state index in [1.807, 2.05) is 37.3 Å². The Morgan fingerprint density at radius 3 is 2.68 bits per heavy atom. The molecule has 1 aromatic heterocycles. The van der Waals surface area contributed by atoms with Crippen LogP contribution < -0.4 is 11.1 Å². The van der Waals surface area contributed by atoms with Gasteiger partial charge in [-0.3, -0.25) is 9.78 Å². The third-order valence-corrected chi connectivity index (χ3v) is 3.03. The Labute approximate surface area is 112 Å². The van der Waals surface area contributed by atoms with Crippen LogP contribution in [-0.4, -0.2) is 17.4 Å². The second kappa shape index (κ2) is 6.11. The van der Waals surface area contributed by atoms with E-state index in [-0.39, 0.29) is 18.4 Å². The van der Waals surface area contributed by atoms with E-state index >= 15 is 0 Å². The number of nitrogens with one attached hydrogen (secondary N) is 1. The van der Waals surface area contributed by atoms with Crippen molar-refractivity contribution in [1.82, 2.24) is 4.98 Å². The number of hydrogen-bond acceptors (Lipinski definition) is 3. The van der Waals surface area contributed by atoms with E-state index in [1.165, 1.54) is 0 Å². The zero-order valence-electron chi connectivity index (χ0n) is 10.8. The lowest BCUT2D eigenvalue weighted by Crippen LogP contribution is -2.27. The molecule has 19 heavy (non-hydrogen) atoms. The van der Waals surface area contributed by atoms with Crippen LogP contribution in [-0.2, 0) is 4.79 Å². The lowest BCUT2D eigenvalue weighted by Gasteiger charge is -2.16. The number of carbonyl (C=O) groups excluding carboxylic acids is 1. The first kappa shape index (κ1) is 13.2. The fourth-order valence-corrected chi connectivity index (χ4v) is 1.91. The minimum absolute atomic E-state index is 0.0944. The van der Waals surface area contributed by atoms with Crippen molar-refractivity contribution in [2.24, 2.45) is 5.73 Å². The van der Waals surface area contributed by atoms with E-state index in [0.717, 1.165) is 16.8 Å². The number of hydrogen-bond donors (Lipinski definition) is 2. The summed E-state index contributed by atoms with van der Waals surface area (Å²) in [4.78, 5) is 16.3. The predicted molar refractivity (Wildman–Crippen MR) is 75.8 cm³/mol. The minimum atomic E-state index is -0.339.